The quantitative estimate of drug-likeness (QED) is 0.721. The minimum atomic E-state index is -1.72. The van der Waals surface area contributed by atoms with E-state index in [2.05, 4.69) is 9.88 Å². The van der Waals surface area contributed by atoms with Crippen LogP contribution in [-0.2, 0) is 30.5 Å². The van der Waals surface area contributed by atoms with E-state index in [0.717, 1.165) is 11.1 Å². The lowest BCUT2D eigenvalue weighted by molar-refractivity contribution is -0.139. The van der Waals surface area contributed by atoms with Gasteiger partial charge in [-0.3, -0.25) is 4.79 Å². The Balaban J connectivity index is 1.76. The molecule has 0 saturated heterocycles. The molecule has 1 heterocycles. The molecular formula is C23H23N3O2. The first-order valence-electron chi connectivity index (χ1n) is 9.31. The van der Waals surface area contributed by atoms with Gasteiger partial charge in [-0.05, 0) is 18.1 Å². The molecule has 2 aromatic carbocycles. The monoisotopic (exact) mass is 373 g/mol. The van der Waals surface area contributed by atoms with Crippen molar-refractivity contribution < 1.29 is 9.90 Å². The summed E-state index contributed by atoms with van der Waals surface area (Å²) in [4.78, 5) is 19.1. The molecule has 142 valence electrons. The second kappa shape index (κ2) is 7.09. The van der Waals surface area contributed by atoms with Gasteiger partial charge in [0.1, 0.15) is 0 Å². The van der Waals surface area contributed by atoms with Crippen molar-refractivity contribution in [2.45, 2.75) is 25.6 Å². The van der Waals surface area contributed by atoms with Crippen LogP contribution in [0.15, 0.2) is 84.3 Å². The van der Waals surface area contributed by atoms with Gasteiger partial charge < -0.3 is 14.6 Å². The smallest absolute Gasteiger partial charge is 0.226 e. The molecule has 28 heavy (non-hydrogen) atoms. The highest BCUT2D eigenvalue weighted by atomic mass is 16.3. The number of ketones is 1. The van der Waals surface area contributed by atoms with E-state index in [1.807, 2.05) is 60.7 Å². The molecule has 1 aliphatic rings. The molecule has 0 amide bonds. The molecule has 0 fully saturated rings. The Bertz CT molecular complexity index is 983. The number of hydrogen-bond acceptors (Lipinski definition) is 4. The number of hydrogen-bond donors (Lipinski definition) is 1. The Morgan fingerprint density at radius 1 is 1.00 bits per heavy atom. The van der Waals surface area contributed by atoms with Gasteiger partial charge in [-0.1, -0.05) is 60.7 Å². The number of nitrogens with zero attached hydrogens (tertiary/aromatic N) is 3. The zero-order chi connectivity index (χ0) is 19.7. The maximum atomic E-state index is 12.8. The van der Waals surface area contributed by atoms with E-state index in [9.17, 15) is 9.90 Å². The van der Waals surface area contributed by atoms with E-state index in [4.69, 9.17) is 0 Å². The van der Waals surface area contributed by atoms with Crippen LogP contribution in [0.1, 0.15) is 23.9 Å². The Labute approximate surface area is 164 Å². The van der Waals surface area contributed by atoms with E-state index in [1.165, 1.54) is 0 Å². The third-order valence-electron chi connectivity index (χ3n) is 5.26. The van der Waals surface area contributed by atoms with Gasteiger partial charge in [0, 0.05) is 38.1 Å². The molecule has 5 nitrogen and oxygen atoms in total. The molecule has 1 aliphatic carbocycles. The van der Waals surface area contributed by atoms with Gasteiger partial charge in [-0.25, -0.2) is 4.98 Å². The molecule has 1 atom stereocenters. The molecule has 0 bridgehead atoms. The Kier molecular flexibility index (Phi) is 4.61. The van der Waals surface area contributed by atoms with E-state index in [0.29, 0.717) is 30.2 Å². The fourth-order valence-electron chi connectivity index (χ4n) is 3.90. The molecule has 0 radical (unpaired) electrons. The van der Waals surface area contributed by atoms with Gasteiger partial charge in [-0.2, -0.15) is 0 Å². The summed E-state index contributed by atoms with van der Waals surface area (Å²) in [7, 11) is 1.79. The third kappa shape index (κ3) is 2.94. The van der Waals surface area contributed by atoms with Crippen LogP contribution in [0, 0.1) is 0 Å². The van der Waals surface area contributed by atoms with Gasteiger partial charge in [0.05, 0.1) is 5.70 Å². The van der Waals surface area contributed by atoms with Crippen molar-refractivity contribution in [2.75, 3.05) is 0 Å². The summed E-state index contributed by atoms with van der Waals surface area (Å²) in [5.41, 5.74) is 1.71. The number of carbonyl (C=O) groups is 1. The molecule has 3 aromatic rings. The minimum absolute atomic E-state index is 0.289. The second-order valence-corrected chi connectivity index (χ2v) is 7.20. The first-order valence-corrected chi connectivity index (χ1v) is 9.31. The third-order valence-corrected chi connectivity index (χ3v) is 5.26. The van der Waals surface area contributed by atoms with E-state index in [1.54, 1.807) is 30.9 Å². The highest BCUT2D eigenvalue weighted by molar-refractivity contribution is 6.11. The first-order chi connectivity index (χ1) is 13.5. The molecule has 1 N–H and O–H groups in total. The highest BCUT2D eigenvalue weighted by Crippen LogP contribution is 2.45. The lowest BCUT2D eigenvalue weighted by Crippen LogP contribution is -2.54. The molecule has 5 heteroatoms. The summed E-state index contributed by atoms with van der Waals surface area (Å²) in [6.07, 6.45) is 3.34. The average Bonchev–Trinajstić information content (AvgIpc) is 3.15. The van der Waals surface area contributed by atoms with Crippen LogP contribution in [0.4, 0.5) is 0 Å². The van der Waals surface area contributed by atoms with Gasteiger partial charge in [0.2, 0.25) is 11.4 Å². The molecule has 0 aliphatic heterocycles. The number of aliphatic hydroxyl groups is 1. The highest BCUT2D eigenvalue weighted by Gasteiger charge is 2.56. The summed E-state index contributed by atoms with van der Waals surface area (Å²) in [6, 6.07) is 20.1. The minimum Gasteiger partial charge on any atom is -0.370 e. The van der Waals surface area contributed by atoms with Crippen molar-refractivity contribution in [3.63, 3.8) is 0 Å². The van der Waals surface area contributed by atoms with E-state index < -0.39 is 5.60 Å². The number of carbonyl (C=O) groups excluding carboxylic acids is 1. The Morgan fingerprint density at radius 2 is 1.54 bits per heavy atom. The summed E-state index contributed by atoms with van der Waals surface area (Å²) < 4.78 is 1.70. The molecule has 1 aromatic heterocycles. The number of imidazole rings is 1. The summed E-state index contributed by atoms with van der Waals surface area (Å²) in [6.45, 7) is 2.95. The maximum Gasteiger partial charge on any atom is 0.226 e. The Morgan fingerprint density at radius 3 is 2.00 bits per heavy atom. The van der Waals surface area contributed by atoms with Crippen molar-refractivity contribution >= 4 is 5.78 Å². The van der Waals surface area contributed by atoms with Gasteiger partial charge in [0.15, 0.2) is 5.82 Å². The fourth-order valence-corrected chi connectivity index (χ4v) is 3.90. The van der Waals surface area contributed by atoms with Crippen LogP contribution in [0.3, 0.4) is 0 Å². The lowest BCUT2D eigenvalue weighted by atomic mass is 9.75. The zero-order valence-electron chi connectivity index (χ0n) is 16.0. The second-order valence-electron chi connectivity index (χ2n) is 7.20. The SMILES string of the molecule is CC1=C(N(Cc2ccccc2)Cc2ccccc2)C(O)(c2nccn2C)C1=O. The van der Waals surface area contributed by atoms with Gasteiger partial charge in [0.25, 0.3) is 0 Å². The summed E-state index contributed by atoms with van der Waals surface area (Å²) >= 11 is 0. The van der Waals surface area contributed by atoms with Crippen LogP contribution >= 0.6 is 0 Å². The number of rotatable bonds is 6. The molecule has 0 spiro atoms. The van der Waals surface area contributed by atoms with Gasteiger partial charge >= 0.3 is 0 Å². The fraction of sp³-hybridized carbons (Fsp3) is 0.217. The topological polar surface area (TPSA) is 58.4 Å². The normalized spacial score (nSPS) is 18.9. The molecule has 4 rings (SSSR count). The molecular weight excluding hydrogens is 350 g/mol. The van der Waals surface area contributed by atoms with Crippen molar-refractivity contribution in [1.29, 1.82) is 0 Å². The van der Waals surface area contributed by atoms with E-state index >= 15 is 0 Å². The predicted octanol–water partition coefficient (Wildman–Crippen LogP) is 3.17. The number of benzene rings is 2. The zero-order valence-corrected chi connectivity index (χ0v) is 16.0. The predicted molar refractivity (Wildman–Crippen MR) is 107 cm³/mol. The number of Topliss-reactive ketones (excluding diaryl/α,β-unsaturated/α-hetero) is 1. The number of aryl methyl sites for hydroxylation is 1. The molecule has 0 saturated carbocycles. The van der Waals surface area contributed by atoms with Crippen molar-refractivity contribution in [1.82, 2.24) is 14.5 Å². The molecule has 1 unspecified atom stereocenters. The first kappa shape index (κ1) is 18.2. The van der Waals surface area contributed by atoms with Crippen molar-refractivity contribution in [3.8, 4) is 0 Å². The van der Waals surface area contributed by atoms with Crippen LogP contribution in [0.2, 0.25) is 0 Å². The Hall–Kier alpha value is -3.18. The van der Waals surface area contributed by atoms with Crippen molar-refractivity contribution in [2.24, 2.45) is 7.05 Å². The van der Waals surface area contributed by atoms with Gasteiger partial charge in [-0.15, -0.1) is 0 Å². The largest absolute Gasteiger partial charge is 0.370 e. The summed E-state index contributed by atoms with van der Waals surface area (Å²) in [5.74, 6) is 0.0622. The van der Waals surface area contributed by atoms with Crippen LogP contribution in [-0.4, -0.2) is 25.3 Å². The number of aromatic nitrogens is 2. The van der Waals surface area contributed by atoms with Crippen LogP contribution in [0.25, 0.3) is 0 Å². The lowest BCUT2D eigenvalue weighted by Gasteiger charge is -2.44. The summed E-state index contributed by atoms with van der Waals surface area (Å²) in [5, 5.41) is 11.4. The average molecular weight is 373 g/mol. The standard InChI is InChI=1S/C23H23N3O2/c1-17-20(23(28,21(17)27)22-24-13-14-25(22)2)26(15-18-9-5-3-6-10-18)16-19-11-7-4-8-12-19/h3-14,28H,15-16H2,1-2H3. The van der Waals surface area contributed by atoms with Crippen LogP contribution in [0.5, 0.6) is 0 Å². The van der Waals surface area contributed by atoms with E-state index in [-0.39, 0.29) is 5.78 Å². The maximum absolute atomic E-state index is 12.8. The van der Waals surface area contributed by atoms with Crippen molar-refractivity contribution in [3.05, 3.63) is 101 Å². The van der Waals surface area contributed by atoms with Crippen LogP contribution < -0.4 is 0 Å².